The highest BCUT2D eigenvalue weighted by Gasteiger charge is 2.16. The van der Waals surface area contributed by atoms with Crippen LogP contribution in [0.4, 0.5) is 5.69 Å². The summed E-state index contributed by atoms with van der Waals surface area (Å²) < 4.78 is 27.5. The van der Waals surface area contributed by atoms with Crippen molar-refractivity contribution in [3.8, 4) is 11.3 Å². The Labute approximate surface area is 135 Å². The first-order valence-electron chi connectivity index (χ1n) is 7.16. The summed E-state index contributed by atoms with van der Waals surface area (Å²) in [5.41, 5.74) is 3.08. The number of hydrogen-bond donors (Lipinski definition) is 2. The Balaban J connectivity index is 1.85. The molecule has 0 aliphatic carbocycles. The van der Waals surface area contributed by atoms with E-state index in [-0.39, 0.29) is 4.90 Å². The van der Waals surface area contributed by atoms with E-state index >= 15 is 0 Å². The van der Waals surface area contributed by atoms with Crippen LogP contribution in [0.1, 0.15) is 11.4 Å². The number of aromatic nitrogens is 2. The molecule has 0 saturated carbocycles. The fraction of sp³-hybridized carbons (Fsp3) is 0.118. The summed E-state index contributed by atoms with van der Waals surface area (Å²) in [6.45, 7) is 3.66. The molecular weight excluding hydrogens is 310 g/mol. The van der Waals surface area contributed by atoms with Gasteiger partial charge < -0.3 is 4.98 Å². The largest absolute Gasteiger partial charge is 0.342 e. The Bertz CT molecular complexity index is 928. The van der Waals surface area contributed by atoms with Crippen LogP contribution in [0.5, 0.6) is 0 Å². The zero-order valence-electron chi connectivity index (χ0n) is 12.9. The molecule has 0 amide bonds. The Morgan fingerprint density at radius 1 is 1.00 bits per heavy atom. The molecule has 3 aromatic rings. The van der Waals surface area contributed by atoms with Gasteiger partial charge in [-0.25, -0.2) is 13.4 Å². The summed E-state index contributed by atoms with van der Waals surface area (Å²) in [4.78, 5) is 7.59. The summed E-state index contributed by atoms with van der Waals surface area (Å²) >= 11 is 0. The first-order chi connectivity index (χ1) is 11.0. The topological polar surface area (TPSA) is 74.8 Å². The van der Waals surface area contributed by atoms with Gasteiger partial charge in [0, 0.05) is 5.69 Å². The number of hydrogen-bond acceptors (Lipinski definition) is 3. The molecule has 1 aromatic heterocycles. The highest BCUT2D eigenvalue weighted by molar-refractivity contribution is 7.92. The van der Waals surface area contributed by atoms with Crippen molar-refractivity contribution in [1.29, 1.82) is 0 Å². The van der Waals surface area contributed by atoms with Gasteiger partial charge in [0.25, 0.3) is 10.0 Å². The smallest absolute Gasteiger partial charge is 0.262 e. The molecule has 0 atom stereocenters. The van der Waals surface area contributed by atoms with Crippen LogP contribution in [0.3, 0.4) is 0 Å². The Morgan fingerprint density at radius 2 is 1.70 bits per heavy atom. The number of aryl methyl sites for hydroxylation is 2. The summed E-state index contributed by atoms with van der Waals surface area (Å²) in [6.07, 6.45) is 1.75. The lowest BCUT2D eigenvalue weighted by Crippen LogP contribution is -2.14. The molecule has 2 N–H and O–H groups in total. The van der Waals surface area contributed by atoms with E-state index in [1.54, 1.807) is 43.5 Å². The number of sulfonamides is 1. The van der Waals surface area contributed by atoms with Gasteiger partial charge in [0.2, 0.25) is 0 Å². The van der Waals surface area contributed by atoms with Crippen molar-refractivity contribution in [2.75, 3.05) is 4.72 Å². The Kier molecular flexibility index (Phi) is 3.92. The molecule has 118 valence electrons. The third-order valence-electron chi connectivity index (χ3n) is 3.53. The van der Waals surface area contributed by atoms with Crippen LogP contribution in [0.15, 0.2) is 59.6 Å². The van der Waals surface area contributed by atoms with Crippen LogP contribution in [-0.4, -0.2) is 18.4 Å². The quantitative estimate of drug-likeness (QED) is 0.770. The molecule has 0 aliphatic heterocycles. The summed E-state index contributed by atoms with van der Waals surface area (Å²) in [7, 11) is -3.59. The van der Waals surface area contributed by atoms with Gasteiger partial charge >= 0.3 is 0 Å². The molecule has 1 heterocycles. The van der Waals surface area contributed by atoms with E-state index in [0.717, 1.165) is 17.1 Å². The normalized spacial score (nSPS) is 11.4. The maximum Gasteiger partial charge on any atom is 0.262 e. The lowest BCUT2D eigenvalue weighted by molar-refractivity contribution is 0.600. The number of aromatic amines is 1. The van der Waals surface area contributed by atoms with Crippen molar-refractivity contribution in [3.05, 3.63) is 66.1 Å². The molecule has 5 nitrogen and oxygen atoms in total. The Morgan fingerprint density at radius 3 is 2.30 bits per heavy atom. The fourth-order valence-corrected chi connectivity index (χ4v) is 3.66. The second-order valence-corrected chi connectivity index (χ2v) is 6.98. The van der Waals surface area contributed by atoms with Crippen LogP contribution in [0.25, 0.3) is 11.3 Å². The number of nitrogens with one attached hydrogen (secondary N) is 2. The van der Waals surface area contributed by atoms with Crippen molar-refractivity contribution in [2.45, 2.75) is 18.7 Å². The molecule has 0 radical (unpaired) electrons. The van der Waals surface area contributed by atoms with Crippen molar-refractivity contribution in [1.82, 2.24) is 9.97 Å². The third-order valence-corrected chi connectivity index (χ3v) is 5.08. The van der Waals surface area contributed by atoms with E-state index in [0.29, 0.717) is 11.3 Å². The Hall–Kier alpha value is -2.60. The molecule has 3 rings (SSSR count). The molecule has 0 unspecified atom stereocenters. The van der Waals surface area contributed by atoms with Crippen LogP contribution in [0.2, 0.25) is 0 Å². The molecule has 0 aliphatic rings. The average Bonchev–Trinajstić information content (AvgIpc) is 2.94. The van der Waals surface area contributed by atoms with Crippen LogP contribution in [-0.2, 0) is 10.0 Å². The third kappa shape index (κ3) is 3.27. The summed E-state index contributed by atoms with van der Waals surface area (Å²) in [5.74, 6) is 0.837. The molecule has 23 heavy (non-hydrogen) atoms. The minimum atomic E-state index is -3.59. The van der Waals surface area contributed by atoms with Gasteiger partial charge in [-0.3, -0.25) is 4.72 Å². The minimum Gasteiger partial charge on any atom is -0.342 e. The van der Waals surface area contributed by atoms with E-state index in [9.17, 15) is 8.42 Å². The first kappa shape index (κ1) is 15.3. The number of H-pyrrole nitrogens is 1. The predicted octanol–water partition coefficient (Wildman–Crippen LogP) is 3.49. The molecule has 0 bridgehead atoms. The summed E-state index contributed by atoms with van der Waals surface area (Å²) in [5, 5.41) is 0. The van der Waals surface area contributed by atoms with E-state index in [1.807, 2.05) is 25.1 Å². The van der Waals surface area contributed by atoms with Crippen molar-refractivity contribution in [3.63, 3.8) is 0 Å². The van der Waals surface area contributed by atoms with Gasteiger partial charge in [0.1, 0.15) is 5.82 Å². The van der Waals surface area contributed by atoms with Crippen LogP contribution >= 0.6 is 0 Å². The predicted molar refractivity (Wildman–Crippen MR) is 90.7 cm³/mol. The number of anilines is 1. The van der Waals surface area contributed by atoms with Gasteiger partial charge in [0.05, 0.1) is 16.8 Å². The monoisotopic (exact) mass is 327 g/mol. The number of nitrogens with zero attached hydrogens (tertiary/aromatic N) is 1. The lowest BCUT2D eigenvalue weighted by Gasteiger charge is -2.10. The maximum absolute atomic E-state index is 12.5. The van der Waals surface area contributed by atoms with E-state index in [4.69, 9.17) is 0 Å². The van der Waals surface area contributed by atoms with Crippen molar-refractivity contribution >= 4 is 15.7 Å². The second-order valence-electron chi connectivity index (χ2n) is 5.33. The average molecular weight is 327 g/mol. The molecule has 0 spiro atoms. The highest BCUT2D eigenvalue weighted by Crippen LogP contribution is 2.22. The van der Waals surface area contributed by atoms with E-state index < -0.39 is 10.0 Å². The van der Waals surface area contributed by atoms with E-state index in [2.05, 4.69) is 14.7 Å². The molecule has 0 fully saturated rings. The molecular formula is C17H17N3O2S. The van der Waals surface area contributed by atoms with Gasteiger partial charge in [-0.15, -0.1) is 0 Å². The SMILES string of the molecule is Cc1ncc(-c2ccc(NS(=O)(=O)c3ccccc3C)cc2)[nH]1. The lowest BCUT2D eigenvalue weighted by atomic mass is 10.1. The van der Waals surface area contributed by atoms with Gasteiger partial charge in [-0.2, -0.15) is 0 Å². The van der Waals surface area contributed by atoms with Crippen molar-refractivity contribution in [2.24, 2.45) is 0 Å². The minimum absolute atomic E-state index is 0.285. The number of rotatable bonds is 4. The molecule has 0 saturated heterocycles. The second kappa shape index (κ2) is 5.89. The molecule has 6 heteroatoms. The summed E-state index contributed by atoms with van der Waals surface area (Å²) in [6, 6.07) is 14.1. The number of benzene rings is 2. The first-order valence-corrected chi connectivity index (χ1v) is 8.64. The maximum atomic E-state index is 12.5. The molecule has 2 aromatic carbocycles. The van der Waals surface area contributed by atoms with Crippen LogP contribution in [0, 0.1) is 13.8 Å². The van der Waals surface area contributed by atoms with Crippen LogP contribution < -0.4 is 4.72 Å². The zero-order chi connectivity index (χ0) is 16.4. The van der Waals surface area contributed by atoms with Gasteiger partial charge in [0.15, 0.2) is 0 Å². The van der Waals surface area contributed by atoms with Gasteiger partial charge in [-0.1, -0.05) is 30.3 Å². The number of imidazole rings is 1. The fourth-order valence-electron chi connectivity index (χ4n) is 2.35. The van der Waals surface area contributed by atoms with Gasteiger partial charge in [-0.05, 0) is 43.2 Å². The van der Waals surface area contributed by atoms with Crippen molar-refractivity contribution < 1.29 is 8.42 Å². The zero-order valence-corrected chi connectivity index (χ0v) is 13.7. The van der Waals surface area contributed by atoms with E-state index in [1.165, 1.54) is 0 Å². The highest BCUT2D eigenvalue weighted by atomic mass is 32.2. The standard InChI is InChI=1S/C17H17N3O2S/c1-12-5-3-4-6-17(12)23(21,22)20-15-9-7-14(8-10-15)16-11-18-13(2)19-16/h3-11,20H,1-2H3,(H,18,19).